The van der Waals surface area contributed by atoms with E-state index in [1.807, 2.05) is 76.8 Å². The first kappa shape index (κ1) is 70.3. The van der Waals surface area contributed by atoms with Crippen molar-refractivity contribution in [1.29, 1.82) is 0 Å². The fourth-order valence-corrected chi connectivity index (χ4v) is 10.7. The third kappa shape index (κ3) is 20.1. The number of carbonyl (C=O) groups is 2. The number of benzene rings is 2. The summed E-state index contributed by atoms with van der Waals surface area (Å²) in [7, 11) is -0.771. The predicted molar refractivity (Wildman–Crippen MR) is 328 cm³/mol. The number of hydrogen-bond donors (Lipinski definition) is 4. The van der Waals surface area contributed by atoms with Crippen molar-refractivity contribution in [3.05, 3.63) is 101 Å². The van der Waals surface area contributed by atoms with Gasteiger partial charge in [-0.2, -0.15) is 43.9 Å². The third-order valence-corrected chi connectivity index (χ3v) is 16.1. The summed E-state index contributed by atoms with van der Waals surface area (Å²) in [5.41, 5.74) is 17.0. The van der Waals surface area contributed by atoms with E-state index in [1.54, 1.807) is 30.3 Å². The summed E-state index contributed by atoms with van der Waals surface area (Å²) in [6.45, 7) is 11.2. The van der Waals surface area contributed by atoms with Crippen LogP contribution in [0.4, 0.5) is 76.5 Å². The summed E-state index contributed by atoms with van der Waals surface area (Å²) in [6, 6.07) is 17.3. The number of nitrogens with two attached hydrogens (primary N) is 2. The maximum atomic E-state index is 12.8. The Balaban J connectivity index is 0.000000207. The summed E-state index contributed by atoms with van der Waals surface area (Å²) < 4.78 is 148. The number of nitrogens with one attached hydrogen (secondary N) is 2. The molecule has 30 heteroatoms. The van der Waals surface area contributed by atoms with E-state index in [1.165, 1.54) is 9.80 Å². The van der Waals surface area contributed by atoms with Gasteiger partial charge in [-0.1, -0.05) is 23.7 Å². The van der Waals surface area contributed by atoms with E-state index in [0.29, 0.717) is 92.5 Å². The van der Waals surface area contributed by atoms with Gasteiger partial charge in [0, 0.05) is 106 Å². The number of amides is 4. The number of morpholine rings is 2. The Morgan fingerprint density at radius 1 is 0.656 bits per heavy atom. The maximum absolute atomic E-state index is 12.8. The van der Waals surface area contributed by atoms with Crippen LogP contribution in [0.2, 0.25) is 5.15 Å². The molecule has 0 aliphatic carbocycles. The first-order valence-electron chi connectivity index (χ1n) is 29.0. The van der Waals surface area contributed by atoms with Crippen LogP contribution in [0.3, 0.4) is 0 Å². The lowest BCUT2D eigenvalue weighted by Crippen LogP contribution is -2.41. The SMILES string of the molecule is CC1(C)OB(C(C=NC(F)F)=CN)OC1(C)C.Cc1ccc(NC(=O)N2CC[C@@H](CC(F)(F)F)C2)cc1-c1cc(C(C=NC(F)F)=CN)nc(N2CCOCC2)c1.Cc1ccc(NC(=O)N2CC[C@@H](CC(F)(F)F)C2)cc1-c1cc(Cl)nc(N2CCOCC2)c1. The number of alkyl halides is 10. The summed E-state index contributed by atoms with van der Waals surface area (Å²) in [6.07, 6.45) is -5.33. The van der Waals surface area contributed by atoms with E-state index in [0.717, 1.165) is 71.6 Å². The maximum Gasteiger partial charge on any atom is 0.497 e. The second kappa shape index (κ2) is 30.7. The predicted octanol–water partition coefficient (Wildman–Crippen LogP) is 12.4. The molecule has 0 spiro atoms. The van der Waals surface area contributed by atoms with Crippen molar-refractivity contribution < 1.29 is 72.3 Å². The Bertz CT molecular complexity index is 3220. The number of urea groups is 2. The Morgan fingerprint density at radius 2 is 1.09 bits per heavy atom. The van der Waals surface area contributed by atoms with Gasteiger partial charge in [-0.25, -0.2) is 29.5 Å². The van der Waals surface area contributed by atoms with Crippen LogP contribution in [0, 0.1) is 25.7 Å². The Hall–Kier alpha value is -7.21. The molecule has 5 aliphatic rings. The lowest BCUT2D eigenvalue weighted by atomic mass is 9.79. The fourth-order valence-electron chi connectivity index (χ4n) is 10.5. The highest BCUT2D eigenvalue weighted by atomic mass is 35.5. The number of aliphatic imine (C=N–C) groups is 2. The van der Waals surface area contributed by atoms with E-state index >= 15 is 0 Å². The van der Waals surface area contributed by atoms with Gasteiger partial charge < -0.3 is 60.5 Å². The highest BCUT2D eigenvalue weighted by molar-refractivity contribution is 6.60. The number of aryl methyl sites for hydroxylation is 2. The van der Waals surface area contributed by atoms with Crippen LogP contribution in [0.25, 0.3) is 27.8 Å². The summed E-state index contributed by atoms with van der Waals surface area (Å²) in [4.78, 5) is 47.7. The molecule has 0 saturated carbocycles. The molecule has 5 saturated heterocycles. The molecule has 4 amide bonds. The molecule has 7 heterocycles. The smallest absolute Gasteiger partial charge is 0.405 e. The van der Waals surface area contributed by atoms with Crippen molar-refractivity contribution >= 4 is 71.8 Å². The minimum Gasteiger partial charge on any atom is -0.405 e. The monoisotopic (exact) mass is 1290 g/mol. The second-order valence-corrected chi connectivity index (χ2v) is 23.5. The Kier molecular flexibility index (Phi) is 24.0. The number of carbonyl (C=O) groups excluding carboxylic acids is 2. The van der Waals surface area contributed by atoms with Crippen LogP contribution in [-0.2, 0) is 18.8 Å². The number of likely N-dealkylation sites (tertiary alicyclic amines) is 2. The highest BCUT2D eigenvalue weighted by Gasteiger charge is 2.52. The minimum atomic E-state index is -4.27. The molecule has 4 aromatic rings. The number of ether oxygens (including phenoxy) is 2. The van der Waals surface area contributed by atoms with Gasteiger partial charge in [-0.3, -0.25) is 0 Å². The average Bonchev–Trinajstić information content (AvgIpc) is 1.58. The Labute approximate surface area is 521 Å². The van der Waals surface area contributed by atoms with Gasteiger partial charge in [0.1, 0.15) is 16.8 Å². The van der Waals surface area contributed by atoms with Gasteiger partial charge in [0.25, 0.3) is 0 Å². The number of pyridine rings is 2. The zero-order chi connectivity index (χ0) is 65.7. The lowest BCUT2D eigenvalue weighted by molar-refractivity contribution is -0.144. The normalized spacial score (nSPS) is 19.8. The molecule has 5 aliphatic heterocycles. The molecule has 18 nitrogen and oxygen atoms in total. The summed E-state index contributed by atoms with van der Waals surface area (Å²) >= 11 is 6.32. The lowest BCUT2D eigenvalue weighted by Gasteiger charge is -2.32. The van der Waals surface area contributed by atoms with Gasteiger partial charge in [-0.05, 0) is 154 Å². The largest absolute Gasteiger partial charge is 0.497 e. The van der Waals surface area contributed by atoms with E-state index in [-0.39, 0.29) is 30.7 Å². The first-order chi connectivity index (χ1) is 42.4. The molecule has 0 bridgehead atoms. The molecule has 5 fully saturated rings. The van der Waals surface area contributed by atoms with Crippen LogP contribution in [0.15, 0.2) is 88.5 Å². The van der Waals surface area contributed by atoms with Gasteiger partial charge in [-0.15, -0.1) is 0 Å². The summed E-state index contributed by atoms with van der Waals surface area (Å²) in [5.74, 6) is 0.193. The van der Waals surface area contributed by atoms with Crippen LogP contribution in [-0.4, -0.2) is 167 Å². The van der Waals surface area contributed by atoms with Crippen LogP contribution >= 0.6 is 11.6 Å². The number of anilines is 4. The molecule has 2 aromatic heterocycles. The summed E-state index contributed by atoms with van der Waals surface area (Å²) in [5, 5.41) is 5.99. The topological polar surface area (TPSA) is 211 Å². The van der Waals surface area contributed by atoms with E-state index < -0.39 is 80.5 Å². The molecule has 0 unspecified atom stereocenters. The van der Waals surface area contributed by atoms with E-state index in [9.17, 15) is 53.5 Å². The van der Waals surface area contributed by atoms with Crippen molar-refractivity contribution in [3.8, 4) is 22.3 Å². The van der Waals surface area contributed by atoms with Gasteiger partial charge in [0.2, 0.25) is 0 Å². The van der Waals surface area contributed by atoms with Crippen molar-refractivity contribution in [1.82, 2.24) is 19.8 Å². The first-order valence-corrected chi connectivity index (χ1v) is 29.4. The second-order valence-electron chi connectivity index (χ2n) is 23.1. The minimum absolute atomic E-state index is 0.0368. The van der Waals surface area contributed by atoms with Gasteiger partial charge in [0.05, 0.1) is 43.3 Å². The number of hydrogen-bond acceptors (Lipinski definition) is 14. The van der Waals surface area contributed by atoms with Gasteiger partial charge in [0.15, 0.2) is 0 Å². The molecular formula is C60H74BClF10N12O6. The average molecular weight is 1300 g/mol. The quantitative estimate of drug-likeness (QED) is 0.0305. The fraction of sp³-hybridized carbons (Fsp3) is 0.500. The van der Waals surface area contributed by atoms with Crippen LogP contribution in [0.1, 0.15) is 70.2 Å². The third-order valence-electron chi connectivity index (χ3n) is 15.9. The Morgan fingerprint density at radius 3 is 1.51 bits per heavy atom. The standard InChI is InChI=1S/C27H31F5N6O2.C23H26ClF3N4O2.C10H17BF2N2O2/c1-17-2-3-21(35-26(39)38-5-4-18(16-38)13-27(30,31)32)12-22(17)19-10-23(20(14-33)15-34-25(28)29)36-24(11-19)37-6-8-40-9-7-37;1-15-2-3-18(28-22(32)31-5-4-16(14-31)13-23(25,26)27)12-19(15)17-10-20(24)29-21(11-17)30-6-8-33-9-7-30;1-9(2)10(3,4)17-11(16-9)7(5-14)6-15-8(12)13/h2-3,10-12,14-15,18,25H,4-9,13,16,33H2,1H3,(H,35,39);2-3,10-12,16H,4-9,13-14H2,1H3,(H,28,32);5-6,8H,14H2,1-4H3/t18-;16-;/m00./s1. The molecule has 2 aromatic carbocycles. The van der Waals surface area contributed by atoms with E-state index in [4.69, 9.17) is 41.9 Å². The van der Waals surface area contributed by atoms with Crippen molar-refractivity contribution in [3.63, 3.8) is 0 Å². The molecule has 90 heavy (non-hydrogen) atoms. The number of halogens is 11. The molecular weight excluding hydrogens is 1220 g/mol. The van der Waals surface area contributed by atoms with Crippen molar-refractivity contribution in [2.45, 2.75) is 104 Å². The zero-order valence-corrected chi connectivity index (χ0v) is 51.4. The molecule has 0 radical (unpaired) electrons. The molecule has 2 atom stereocenters. The van der Waals surface area contributed by atoms with Crippen LogP contribution in [0.5, 0.6) is 0 Å². The number of nitrogens with zero attached hydrogens (tertiary/aromatic N) is 8. The number of allylic oxidation sites excluding steroid dienone is 2. The number of aromatic nitrogens is 2. The zero-order valence-electron chi connectivity index (χ0n) is 50.6. The van der Waals surface area contributed by atoms with Crippen LogP contribution < -0.4 is 31.9 Å². The number of rotatable bonds is 14. The molecule has 490 valence electrons. The molecule has 6 N–H and O–H groups in total. The molecule has 9 rings (SSSR count). The highest BCUT2D eigenvalue weighted by Crippen LogP contribution is 2.39. The van der Waals surface area contributed by atoms with Gasteiger partial charge >= 0.3 is 44.6 Å². The van der Waals surface area contributed by atoms with Crippen molar-refractivity contribution in [2.75, 3.05) is 99.2 Å². The van der Waals surface area contributed by atoms with E-state index in [2.05, 4.69) is 35.5 Å². The van der Waals surface area contributed by atoms with Crippen molar-refractivity contribution in [2.24, 2.45) is 33.3 Å².